The zero-order chi connectivity index (χ0) is 9.52. The lowest BCUT2D eigenvalue weighted by Crippen LogP contribution is -2.37. The Bertz CT molecular complexity index is 269. The first-order valence-electron chi connectivity index (χ1n) is 2.90. The lowest BCUT2D eigenvalue weighted by molar-refractivity contribution is 0.0568. The van der Waals surface area contributed by atoms with Crippen molar-refractivity contribution in [3.63, 3.8) is 0 Å². The van der Waals surface area contributed by atoms with Crippen molar-refractivity contribution in [1.29, 1.82) is 0 Å². The van der Waals surface area contributed by atoms with E-state index in [4.69, 9.17) is 0 Å². The maximum absolute atomic E-state index is 9.67. The lowest BCUT2D eigenvalue weighted by atomic mass is 10.1. The molecule has 1 aliphatic carbocycles. The van der Waals surface area contributed by atoms with E-state index in [1.165, 1.54) is 6.08 Å². The van der Waals surface area contributed by atoms with Crippen molar-refractivity contribution >= 4 is 63.7 Å². The summed E-state index contributed by atoms with van der Waals surface area (Å²) in [4.78, 5) is 0. The summed E-state index contributed by atoms with van der Waals surface area (Å²) in [5.41, 5.74) is 0. The highest BCUT2D eigenvalue weighted by molar-refractivity contribution is 9.17. The van der Waals surface area contributed by atoms with E-state index in [1.807, 2.05) is 0 Å². The predicted molar refractivity (Wildman–Crippen MR) is 61.8 cm³/mol. The quantitative estimate of drug-likeness (QED) is 0.584. The fraction of sp³-hybridized carbons (Fsp3) is 0.333. The summed E-state index contributed by atoms with van der Waals surface area (Å²) in [5, 5.41) is 19.1. The second-order valence-electron chi connectivity index (χ2n) is 2.26. The van der Waals surface area contributed by atoms with Crippen molar-refractivity contribution in [3.05, 3.63) is 19.5 Å². The second kappa shape index (κ2) is 3.82. The summed E-state index contributed by atoms with van der Waals surface area (Å²) in [6, 6.07) is 0. The van der Waals surface area contributed by atoms with Crippen LogP contribution in [0.5, 0.6) is 0 Å². The highest BCUT2D eigenvalue weighted by atomic mass is 79.9. The number of alkyl halides is 1. The third-order valence-electron chi connectivity index (χ3n) is 1.41. The minimum absolute atomic E-state index is 0.455. The third kappa shape index (κ3) is 1.88. The van der Waals surface area contributed by atoms with Crippen LogP contribution in [0.15, 0.2) is 19.5 Å². The van der Waals surface area contributed by atoms with Crippen LogP contribution in [0.4, 0.5) is 0 Å². The molecule has 0 fully saturated rings. The average molecular weight is 428 g/mol. The van der Waals surface area contributed by atoms with Crippen molar-refractivity contribution in [1.82, 2.24) is 0 Å². The Balaban J connectivity index is 3.18. The van der Waals surface area contributed by atoms with Gasteiger partial charge in [-0.15, -0.1) is 0 Å². The van der Waals surface area contributed by atoms with Crippen molar-refractivity contribution in [2.24, 2.45) is 0 Å². The van der Waals surface area contributed by atoms with E-state index in [1.54, 1.807) is 0 Å². The van der Waals surface area contributed by atoms with Gasteiger partial charge in [-0.25, -0.2) is 0 Å². The summed E-state index contributed by atoms with van der Waals surface area (Å²) < 4.78 is 0.387. The van der Waals surface area contributed by atoms with Gasteiger partial charge in [-0.3, -0.25) is 0 Å². The lowest BCUT2D eigenvalue weighted by Gasteiger charge is -2.29. The van der Waals surface area contributed by atoms with Crippen molar-refractivity contribution in [2.75, 3.05) is 0 Å². The SMILES string of the molecule is OC1C=C(Br)C(Br)=C(Br)C1(O)Br. The molecular weight excluding hydrogens is 424 g/mol. The molecule has 2 unspecified atom stereocenters. The smallest absolute Gasteiger partial charge is 0.182 e. The van der Waals surface area contributed by atoms with Gasteiger partial charge in [0.2, 0.25) is 0 Å². The van der Waals surface area contributed by atoms with Crippen molar-refractivity contribution in [2.45, 2.75) is 10.6 Å². The molecule has 0 aromatic carbocycles. The molecular formula is C6H4Br4O2. The molecule has 0 aliphatic heterocycles. The molecule has 2 N–H and O–H groups in total. The summed E-state index contributed by atoms with van der Waals surface area (Å²) in [6.45, 7) is 0. The number of hydrogen-bond donors (Lipinski definition) is 2. The van der Waals surface area contributed by atoms with E-state index in [2.05, 4.69) is 63.7 Å². The van der Waals surface area contributed by atoms with E-state index in [0.717, 1.165) is 0 Å². The Hall–Kier alpha value is 1.32. The molecule has 12 heavy (non-hydrogen) atoms. The van der Waals surface area contributed by atoms with E-state index in [9.17, 15) is 10.2 Å². The Morgan fingerprint density at radius 3 is 2.33 bits per heavy atom. The van der Waals surface area contributed by atoms with Crippen LogP contribution in [-0.2, 0) is 0 Å². The van der Waals surface area contributed by atoms with Crippen LogP contribution in [0.1, 0.15) is 0 Å². The van der Waals surface area contributed by atoms with Gasteiger partial charge in [0, 0.05) is 8.96 Å². The predicted octanol–water partition coefficient (Wildman–Crippen LogP) is 2.72. The first kappa shape index (κ1) is 11.4. The molecule has 0 aromatic heterocycles. The van der Waals surface area contributed by atoms with Gasteiger partial charge in [0.25, 0.3) is 0 Å². The van der Waals surface area contributed by atoms with Crippen LogP contribution >= 0.6 is 63.7 Å². The van der Waals surface area contributed by atoms with E-state index < -0.39 is 10.6 Å². The van der Waals surface area contributed by atoms with Gasteiger partial charge in [0.05, 0.1) is 4.48 Å². The number of allylic oxidation sites excluding steroid dienone is 2. The van der Waals surface area contributed by atoms with Gasteiger partial charge >= 0.3 is 0 Å². The van der Waals surface area contributed by atoms with Gasteiger partial charge in [-0.2, -0.15) is 0 Å². The minimum atomic E-state index is -1.44. The molecule has 1 aliphatic rings. The third-order valence-corrected chi connectivity index (χ3v) is 6.35. The van der Waals surface area contributed by atoms with Crippen molar-refractivity contribution < 1.29 is 10.2 Å². The number of halogens is 4. The van der Waals surface area contributed by atoms with Gasteiger partial charge in [-0.05, 0) is 53.9 Å². The molecule has 0 bridgehead atoms. The van der Waals surface area contributed by atoms with Gasteiger partial charge < -0.3 is 10.2 Å². The maximum atomic E-state index is 9.67. The maximum Gasteiger partial charge on any atom is 0.182 e. The Morgan fingerprint density at radius 1 is 1.33 bits per heavy atom. The second-order valence-corrected chi connectivity index (χ2v) is 5.91. The van der Waals surface area contributed by atoms with E-state index in [-0.39, 0.29) is 0 Å². The number of hydrogen-bond acceptors (Lipinski definition) is 2. The van der Waals surface area contributed by atoms with E-state index >= 15 is 0 Å². The summed E-state index contributed by atoms with van der Waals surface area (Å²) in [5.74, 6) is 0. The molecule has 0 radical (unpaired) electrons. The number of rotatable bonds is 0. The molecule has 0 spiro atoms. The molecule has 0 saturated heterocycles. The number of aliphatic hydroxyl groups excluding tert-OH is 1. The summed E-state index contributed by atoms with van der Waals surface area (Å²) in [6.07, 6.45) is 0.506. The summed E-state index contributed by atoms with van der Waals surface area (Å²) in [7, 11) is 0. The Kier molecular flexibility index (Phi) is 3.63. The normalized spacial score (nSPS) is 36.8. The number of aliphatic hydroxyl groups is 2. The highest BCUT2D eigenvalue weighted by Crippen LogP contribution is 2.45. The monoisotopic (exact) mass is 424 g/mol. The fourth-order valence-electron chi connectivity index (χ4n) is 0.711. The van der Waals surface area contributed by atoms with E-state index in [0.29, 0.717) is 13.4 Å². The topological polar surface area (TPSA) is 40.5 Å². The van der Waals surface area contributed by atoms with Gasteiger partial charge in [-0.1, -0.05) is 15.9 Å². The van der Waals surface area contributed by atoms with Crippen LogP contribution in [0.3, 0.4) is 0 Å². The minimum Gasteiger partial charge on any atom is -0.385 e. The van der Waals surface area contributed by atoms with Crippen LogP contribution in [0, 0.1) is 0 Å². The fourth-order valence-corrected chi connectivity index (χ4v) is 2.90. The molecule has 2 atom stereocenters. The van der Waals surface area contributed by atoms with Crippen LogP contribution < -0.4 is 0 Å². The molecule has 0 amide bonds. The Morgan fingerprint density at radius 2 is 1.83 bits per heavy atom. The zero-order valence-corrected chi connectivity index (χ0v) is 11.9. The largest absolute Gasteiger partial charge is 0.385 e. The summed E-state index contributed by atoms with van der Waals surface area (Å²) >= 11 is 12.6. The highest BCUT2D eigenvalue weighted by Gasteiger charge is 2.39. The molecule has 6 heteroatoms. The zero-order valence-electron chi connectivity index (χ0n) is 5.56. The van der Waals surface area contributed by atoms with Crippen LogP contribution in [-0.4, -0.2) is 20.8 Å². The van der Waals surface area contributed by atoms with Crippen LogP contribution in [0.2, 0.25) is 0 Å². The molecule has 0 aromatic rings. The van der Waals surface area contributed by atoms with Gasteiger partial charge in [0.15, 0.2) is 4.51 Å². The Labute approximate surface area is 103 Å². The molecule has 0 heterocycles. The standard InChI is InChI=1S/C6H4Br4O2/c7-2-1-3(11)6(10,12)5(9)4(2)8/h1,3,11-12H. The van der Waals surface area contributed by atoms with Crippen molar-refractivity contribution in [3.8, 4) is 0 Å². The molecule has 68 valence electrons. The first-order chi connectivity index (χ1) is 5.37. The van der Waals surface area contributed by atoms with Crippen LogP contribution in [0.25, 0.3) is 0 Å². The molecule has 0 saturated carbocycles. The molecule has 2 nitrogen and oxygen atoms in total. The first-order valence-corrected chi connectivity index (χ1v) is 6.07. The average Bonchev–Trinajstić information content (AvgIpc) is 1.99. The molecule has 1 rings (SSSR count). The van der Waals surface area contributed by atoms with Gasteiger partial charge in [0.1, 0.15) is 6.10 Å².